The molecule has 0 aromatic rings. The van der Waals surface area contributed by atoms with Crippen LogP contribution in [0.2, 0.25) is 6.32 Å². The number of hydrogen-bond donors (Lipinski definition) is 1. The molecule has 0 atom stereocenters. The van der Waals surface area contributed by atoms with Gasteiger partial charge in [-0.05, 0) is 46.4 Å². The van der Waals surface area contributed by atoms with Crippen LogP contribution in [-0.4, -0.2) is 18.2 Å². The van der Waals surface area contributed by atoms with E-state index in [-0.39, 0.29) is 18.2 Å². The van der Waals surface area contributed by atoms with Crippen LogP contribution in [0.15, 0.2) is 0 Å². The van der Waals surface area contributed by atoms with Gasteiger partial charge in [-0.25, -0.2) is 0 Å². The lowest BCUT2D eigenvalue weighted by atomic mass is 9.66. The zero-order chi connectivity index (χ0) is 11.0. The van der Waals surface area contributed by atoms with Gasteiger partial charge in [0.15, 0.2) is 0 Å². The fourth-order valence-corrected chi connectivity index (χ4v) is 2.54. The molecule has 1 aliphatic heterocycles. The molecule has 0 saturated carbocycles. The molecule has 1 heterocycles. The Hall–Kier alpha value is -0.0151. The highest BCUT2D eigenvalue weighted by Gasteiger charge is 2.40. The number of hydrogen-bond acceptors (Lipinski definition) is 2. The Bertz CT molecular complexity index is 185. The van der Waals surface area contributed by atoms with E-state index in [0.717, 1.165) is 12.7 Å². The Labute approximate surface area is 88.9 Å². The molecule has 0 spiro atoms. The van der Waals surface area contributed by atoms with Gasteiger partial charge in [0.25, 0.3) is 0 Å². The molecule has 1 fully saturated rings. The third kappa shape index (κ3) is 3.62. The Morgan fingerprint density at radius 2 is 1.86 bits per heavy atom. The molecule has 1 rings (SSSR count). The maximum Gasteiger partial charge on any atom is 0.380 e. The van der Waals surface area contributed by atoms with Gasteiger partial charge in [-0.15, -0.1) is 0 Å². The van der Waals surface area contributed by atoms with Crippen molar-refractivity contribution in [3.05, 3.63) is 0 Å². The van der Waals surface area contributed by atoms with E-state index in [4.69, 9.17) is 4.65 Å². The van der Waals surface area contributed by atoms with Crippen molar-refractivity contribution in [2.75, 3.05) is 0 Å². The highest BCUT2D eigenvalue weighted by atomic mass is 16.5. The Kier molecular flexibility index (Phi) is 3.32. The van der Waals surface area contributed by atoms with Crippen LogP contribution in [0.5, 0.6) is 0 Å². The van der Waals surface area contributed by atoms with E-state index >= 15 is 0 Å². The summed E-state index contributed by atoms with van der Waals surface area (Å²) < 4.78 is 6.01. The molecule has 0 unspecified atom stereocenters. The summed E-state index contributed by atoms with van der Waals surface area (Å²) >= 11 is 0. The lowest BCUT2D eigenvalue weighted by Gasteiger charge is -2.45. The van der Waals surface area contributed by atoms with Crippen LogP contribution < -0.4 is 5.23 Å². The molecule has 0 aromatic heterocycles. The second-order valence-corrected chi connectivity index (χ2v) is 6.20. The van der Waals surface area contributed by atoms with E-state index in [1.54, 1.807) is 0 Å². The van der Waals surface area contributed by atoms with E-state index < -0.39 is 0 Å². The zero-order valence-corrected chi connectivity index (χ0v) is 10.5. The van der Waals surface area contributed by atoms with Crippen molar-refractivity contribution in [1.29, 1.82) is 0 Å². The third-order valence-corrected chi connectivity index (χ3v) is 2.57. The zero-order valence-electron chi connectivity index (χ0n) is 10.5. The largest absolute Gasteiger partial charge is 0.416 e. The first-order valence-electron chi connectivity index (χ1n) is 5.66. The van der Waals surface area contributed by atoms with Crippen molar-refractivity contribution >= 4 is 7.05 Å². The summed E-state index contributed by atoms with van der Waals surface area (Å²) in [7, 11) is 0.216. The molecule has 3 heteroatoms. The van der Waals surface area contributed by atoms with Crippen molar-refractivity contribution < 1.29 is 4.65 Å². The smallest absolute Gasteiger partial charge is 0.380 e. The Morgan fingerprint density at radius 1 is 1.29 bits per heavy atom. The minimum Gasteiger partial charge on any atom is -0.416 e. The van der Waals surface area contributed by atoms with Gasteiger partial charge in [0.05, 0.1) is 0 Å². The predicted molar refractivity (Wildman–Crippen MR) is 62.4 cm³/mol. The second kappa shape index (κ2) is 3.86. The fraction of sp³-hybridized carbons (Fsp3) is 1.00. The first kappa shape index (κ1) is 12.1. The van der Waals surface area contributed by atoms with E-state index in [9.17, 15) is 0 Å². The minimum atomic E-state index is 0.00824. The molecule has 0 amide bonds. The molecule has 0 radical (unpaired) electrons. The first-order chi connectivity index (χ1) is 6.20. The summed E-state index contributed by atoms with van der Waals surface area (Å²) in [5, 5.41) is 3.56. The maximum absolute atomic E-state index is 6.01. The van der Waals surface area contributed by atoms with Crippen LogP contribution in [0.3, 0.4) is 0 Å². The van der Waals surface area contributed by atoms with E-state index in [1.807, 2.05) is 0 Å². The number of rotatable bonds is 2. The molecule has 1 N–H and O–H groups in total. The summed E-state index contributed by atoms with van der Waals surface area (Å²) in [5.74, 6) is 0.678. The van der Waals surface area contributed by atoms with Crippen molar-refractivity contribution in [2.45, 2.75) is 65.4 Å². The summed E-state index contributed by atoms with van der Waals surface area (Å²) in [6.45, 7) is 13.3. The minimum absolute atomic E-state index is 0.00824. The molecule has 0 aliphatic carbocycles. The highest BCUT2D eigenvalue weighted by Crippen LogP contribution is 2.30. The maximum atomic E-state index is 6.01. The van der Waals surface area contributed by atoms with Gasteiger partial charge in [-0.1, -0.05) is 13.8 Å². The van der Waals surface area contributed by atoms with Crippen LogP contribution in [-0.2, 0) is 4.65 Å². The molecular weight excluding hydrogens is 173 g/mol. The van der Waals surface area contributed by atoms with Crippen molar-refractivity contribution in [1.82, 2.24) is 5.23 Å². The monoisotopic (exact) mass is 197 g/mol. The summed E-state index contributed by atoms with van der Waals surface area (Å²) in [5.41, 5.74) is 0.204. The molecule has 0 aromatic carbocycles. The average molecular weight is 197 g/mol. The van der Waals surface area contributed by atoms with E-state index in [0.29, 0.717) is 5.92 Å². The topological polar surface area (TPSA) is 21.3 Å². The SMILES string of the molecule is CC(C)CB1NC(C)(C)CC(C)(C)O1. The van der Waals surface area contributed by atoms with Gasteiger partial charge in [-0.3, -0.25) is 0 Å². The number of nitrogens with one attached hydrogen (secondary N) is 1. The van der Waals surface area contributed by atoms with Crippen molar-refractivity contribution in [3.63, 3.8) is 0 Å². The van der Waals surface area contributed by atoms with Gasteiger partial charge in [0, 0.05) is 11.1 Å². The van der Waals surface area contributed by atoms with Gasteiger partial charge in [0.1, 0.15) is 0 Å². The van der Waals surface area contributed by atoms with Crippen LogP contribution >= 0.6 is 0 Å². The molecule has 82 valence electrons. The van der Waals surface area contributed by atoms with Gasteiger partial charge < -0.3 is 9.88 Å². The van der Waals surface area contributed by atoms with Gasteiger partial charge in [0.2, 0.25) is 0 Å². The highest BCUT2D eigenvalue weighted by molar-refractivity contribution is 6.49. The Morgan fingerprint density at radius 3 is 2.29 bits per heavy atom. The lowest BCUT2D eigenvalue weighted by molar-refractivity contribution is 0.0379. The lowest BCUT2D eigenvalue weighted by Crippen LogP contribution is -2.61. The second-order valence-electron chi connectivity index (χ2n) is 6.20. The molecule has 0 bridgehead atoms. The molecule has 1 saturated heterocycles. The van der Waals surface area contributed by atoms with Gasteiger partial charge >= 0.3 is 7.05 Å². The summed E-state index contributed by atoms with van der Waals surface area (Å²) in [6, 6.07) is 0. The van der Waals surface area contributed by atoms with Crippen LogP contribution in [0.4, 0.5) is 0 Å². The van der Waals surface area contributed by atoms with Crippen LogP contribution in [0, 0.1) is 5.92 Å². The summed E-state index contributed by atoms with van der Waals surface area (Å²) in [4.78, 5) is 0. The van der Waals surface area contributed by atoms with E-state index in [1.165, 1.54) is 0 Å². The van der Waals surface area contributed by atoms with Crippen molar-refractivity contribution in [3.8, 4) is 0 Å². The van der Waals surface area contributed by atoms with Crippen LogP contribution in [0.25, 0.3) is 0 Å². The molecule has 14 heavy (non-hydrogen) atoms. The van der Waals surface area contributed by atoms with Gasteiger partial charge in [-0.2, -0.15) is 0 Å². The fourth-order valence-electron chi connectivity index (χ4n) is 2.54. The summed E-state index contributed by atoms with van der Waals surface area (Å²) in [6.07, 6.45) is 2.15. The van der Waals surface area contributed by atoms with Crippen LogP contribution in [0.1, 0.15) is 48.0 Å². The first-order valence-corrected chi connectivity index (χ1v) is 5.66. The van der Waals surface area contributed by atoms with E-state index in [2.05, 4.69) is 46.8 Å². The Balaban J connectivity index is 2.62. The molecule has 2 nitrogen and oxygen atoms in total. The predicted octanol–water partition coefficient (Wildman–Crippen LogP) is 2.70. The molecular formula is C11H24BNO. The third-order valence-electron chi connectivity index (χ3n) is 2.57. The normalized spacial score (nSPS) is 25.5. The quantitative estimate of drug-likeness (QED) is 0.687. The average Bonchev–Trinajstić information content (AvgIpc) is 1.74. The molecule has 1 aliphatic rings. The standard InChI is InChI=1S/C11H24BNO/c1-9(2)7-12-13-10(3,4)8-11(5,6)14-12/h9,13H,7-8H2,1-6H3. The van der Waals surface area contributed by atoms with Crippen molar-refractivity contribution in [2.24, 2.45) is 5.92 Å².